The van der Waals surface area contributed by atoms with Gasteiger partial charge in [-0.15, -0.1) is 0 Å². The normalized spacial score (nSPS) is 15.0. The van der Waals surface area contributed by atoms with Crippen LogP contribution in [0.15, 0.2) is 24.7 Å². The molecule has 2 aromatic heterocycles. The average Bonchev–Trinajstić information content (AvgIpc) is 2.81. The third-order valence-corrected chi connectivity index (χ3v) is 3.21. The summed E-state index contributed by atoms with van der Waals surface area (Å²) >= 11 is 0. The number of amides is 1. The Labute approximate surface area is 116 Å². The lowest BCUT2D eigenvalue weighted by atomic mass is 10.1. The fraction of sp³-hybridized carbons (Fsp3) is 0.385. The van der Waals surface area contributed by atoms with Gasteiger partial charge < -0.3 is 10.2 Å². The van der Waals surface area contributed by atoms with E-state index in [0.29, 0.717) is 11.6 Å². The van der Waals surface area contributed by atoms with Crippen molar-refractivity contribution in [2.24, 2.45) is 7.05 Å². The summed E-state index contributed by atoms with van der Waals surface area (Å²) in [5.74, 6) is 0.569. The lowest BCUT2D eigenvalue weighted by Gasteiger charge is -2.39. The van der Waals surface area contributed by atoms with Crippen LogP contribution in [0.25, 0.3) is 0 Å². The van der Waals surface area contributed by atoms with Gasteiger partial charge in [0, 0.05) is 38.7 Å². The summed E-state index contributed by atoms with van der Waals surface area (Å²) in [5, 5.41) is 7.02. The Bertz CT molecular complexity index is 614. The van der Waals surface area contributed by atoms with E-state index in [9.17, 15) is 4.79 Å². The first-order chi connectivity index (χ1) is 9.61. The molecule has 1 N–H and O–H groups in total. The van der Waals surface area contributed by atoms with Crippen molar-refractivity contribution in [2.75, 3.05) is 18.0 Å². The minimum Gasteiger partial charge on any atom is -0.344 e. The molecule has 0 aliphatic carbocycles. The number of aromatic nitrogens is 4. The Morgan fingerprint density at radius 2 is 2.05 bits per heavy atom. The molecule has 104 valence electrons. The minimum absolute atomic E-state index is 0.120. The van der Waals surface area contributed by atoms with Crippen LogP contribution in [0.3, 0.4) is 0 Å². The molecule has 0 aromatic carbocycles. The van der Waals surface area contributed by atoms with E-state index in [2.05, 4.69) is 20.4 Å². The number of carbonyl (C=O) groups excluding carboxylic acids is 1. The Balaban J connectivity index is 1.53. The first-order valence-corrected chi connectivity index (χ1v) is 6.46. The van der Waals surface area contributed by atoms with Gasteiger partial charge in [-0.3, -0.25) is 9.48 Å². The van der Waals surface area contributed by atoms with Crippen LogP contribution in [-0.4, -0.2) is 44.8 Å². The molecule has 0 spiro atoms. The van der Waals surface area contributed by atoms with E-state index < -0.39 is 0 Å². The molecule has 20 heavy (non-hydrogen) atoms. The molecule has 1 fully saturated rings. The van der Waals surface area contributed by atoms with Gasteiger partial charge in [-0.05, 0) is 18.6 Å². The predicted octanol–water partition coefficient (Wildman–Crippen LogP) is 0.137. The van der Waals surface area contributed by atoms with Crippen molar-refractivity contribution in [3.63, 3.8) is 0 Å². The van der Waals surface area contributed by atoms with Crippen molar-refractivity contribution in [3.8, 4) is 0 Å². The zero-order valence-electron chi connectivity index (χ0n) is 11.4. The molecule has 1 amide bonds. The zero-order valence-corrected chi connectivity index (χ0v) is 11.4. The van der Waals surface area contributed by atoms with Crippen molar-refractivity contribution in [1.82, 2.24) is 25.1 Å². The van der Waals surface area contributed by atoms with Crippen LogP contribution in [0.5, 0.6) is 0 Å². The van der Waals surface area contributed by atoms with E-state index in [4.69, 9.17) is 0 Å². The number of carbonyl (C=O) groups is 1. The van der Waals surface area contributed by atoms with Crippen LogP contribution in [-0.2, 0) is 7.05 Å². The van der Waals surface area contributed by atoms with Gasteiger partial charge >= 0.3 is 0 Å². The molecule has 7 nitrogen and oxygen atoms in total. The molecular weight excluding hydrogens is 256 g/mol. The highest BCUT2D eigenvalue weighted by Crippen LogP contribution is 2.15. The number of nitrogens with one attached hydrogen (secondary N) is 1. The smallest absolute Gasteiger partial charge is 0.272 e. The fourth-order valence-corrected chi connectivity index (χ4v) is 2.08. The lowest BCUT2D eigenvalue weighted by molar-refractivity contribution is 0.0924. The molecule has 7 heteroatoms. The first kappa shape index (κ1) is 12.6. The summed E-state index contributed by atoms with van der Waals surface area (Å²) in [5.41, 5.74) is 1.48. The van der Waals surface area contributed by atoms with Gasteiger partial charge in [-0.1, -0.05) is 0 Å². The largest absolute Gasteiger partial charge is 0.344 e. The van der Waals surface area contributed by atoms with Gasteiger partial charge in [0.05, 0.1) is 6.04 Å². The third-order valence-electron chi connectivity index (χ3n) is 3.21. The van der Waals surface area contributed by atoms with Gasteiger partial charge in [0.25, 0.3) is 5.91 Å². The van der Waals surface area contributed by atoms with Crippen molar-refractivity contribution < 1.29 is 4.79 Å². The summed E-state index contributed by atoms with van der Waals surface area (Å²) < 4.78 is 1.61. The molecular formula is C13H16N6O. The molecule has 2 aromatic rings. The monoisotopic (exact) mass is 272 g/mol. The van der Waals surface area contributed by atoms with Gasteiger partial charge in [0.1, 0.15) is 5.69 Å². The molecule has 0 bridgehead atoms. The van der Waals surface area contributed by atoms with E-state index in [1.807, 2.05) is 11.8 Å². The Morgan fingerprint density at radius 3 is 2.65 bits per heavy atom. The highest BCUT2D eigenvalue weighted by atomic mass is 16.2. The highest BCUT2D eigenvalue weighted by molar-refractivity contribution is 5.92. The quantitative estimate of drug-likeness (QED) is 0.860. The summed E-state index contributed by atoms with van der Waals surface area (Å²) in [4.78, 5) is 22.5. The minimum atomic E-state index is -0.139. The number of anilines is 1. The summed E-state index contributed by atoms with van der Waals surface area (Å²) in [6.07, 6.45) is 5.34. The molecule has 0 atom stereocenters. The van der Waals surface area contributed by atoms with E-state index >= 15 is 0 Å². The highest BCUT2D eigenvalue weighted by Gasteiger charge is 2.30. The van der Waals surface area contributed by atoms with Crippen molar-refractivity contribution >= 4 is 11.9 Å². The van der Waals surface area contributed by atoms with E-state index in [0.717, 1.165) is 18.7 Å². The van der Waals surface area contributed by atoms with Crippen molar-refractivity contribution in [2.45, 2.75) is 13.0 Å². The summed E-state index contributed by atoms with van der Waals surface area (Å²) in [7, 11) is 1.79. The van der Waals surface area contributed by atoms with Gasteiger partial charge in [-0.25, -0.2) is 9.97 Å². The second kappa shape index (κ2) is 4.92. The molecule has 0 saturated carbocycles. The third kappa shape index (κ3) is 2.47. The van der Waals surface area contributed by atoms with E-state index in [-0.39, 0.29) is 11.9 Å². The van der Waals surface area contributed by atoms with Crippen LogP contribution in [0.4, 0.5) is 5.95 Å². The number of nitrogens with zero attached hydrogens (tertiary/aromatic N) is 5. The molecule has 1 saturated heterocycles. The van der Waals surface area contributed by atoms with Gasteiger partial charge in [-0.2, -0.15) is 5.10 Å². The van der Waals surface area contributed by atoms with E-state index in [1.54, 1.807) is 36.4 Å². The number of hydrogen-bond acceptors (Lipinski definition) is 5. The fourth-order valence-electron chi connectivity index (χ4n) is 2.08. The maximum absolute atomic E-state index is 11.9. The maximum atomic E-state index is 11.9. The van der Waals surface area contributed by atoms with Gasteiger partial charge in [0.15, 0.2) is 0 Å². The molecule has 3 rings (SSSR count). The molecule has 1 aliphatic rings. The SMILES string of the molecule is Cc1cnc(N2CC(NC(=O)c3ccn(C)n3)C2)nc1. The molecule has 0 unspecified atom stereocenters. The van der Waals surface area contributed by atoms with Gasteiger partial charge in [0.2, 0.25) is 5.95 Å². The van der Waals surface area contributed by atoms with Crippen molar-refractivity contribution in [3.05, 3.63) is 35.9 Å². The summed E-state index contributed by atoms with van der Waals surface area (Å²) in [6.45, 7) is 3.40. The number of rotatable bonds is 3. The number of aryl methyl sites for hydroxylation is 2. The Kier molecular flexibility index (Phi) is 3.09. The molecule has 3 heterocycles. The lowest BCUT2D eigenvalue weighted by Crippen LogP contribution is -2.60. The summed E-state index contributed by atoms with van der Waals surface area (Å²) in [6, 6.07) is 1.82. The molecule has 0 radical (unpaired) electrons. The second-order valence-corrected chi connectivity index (χ2v) is 5.01. The first-order valence-electron chi connectivity index (χ1n) is 6.46. The van der Waals surface area contributed by atoms with Crippen LogP contribution in [0.2, 0.25) is 0 Å². The predicted molar refractivity (Wildman–Crippen MR) is 73.4 cm³/mol. The van der Waals surface area contributed by atoms with Crippen LogP contribution in [0, 0.1) is 6.92 Å². The van der Waals surface area contributed by atoms with Crippen LogP contribution in [0.1, 0.15) is 16.1 Å². The molecule has 1 aliphatic heterocycles. The average molecular weight is 272 g/mol. The van der Waals surface area contributed by atoms with Crippen LogP contribution >= 0.6 is 0 Å². The Hall–Kier alpha value is -2.44. The second-order valence-electron chi connectivity index (χ2n) is 5.01. The Morgan fingerprint density at radius 1 is 1.35 bits per heavy atom. The van der Waals surface area contributed by atoms with Crippen LogP contribution < -0.4 is 10.2 Å². The topological polar surface area (TPSA) is 75.9 Å². The number of hydrogen-bond donors (Lipinski definition) is 1. The zero-order chi connectivity index (χ0) is 14.1. The maximum Gasteiger partial charge on any atom is 0.272 e. The van der Waals surface area contributed by atoms with Crippen molar-refractivity contribution in [1.29, 1.82) is 0 Å². The standard InChI is InChI=1S/C13H16N6O/c1-9-5-14-13(15-6-9)19-7-10(8-19)16-12(20)11-3-4-18(2)17-11/h3-6,10H,7-8H2,1-2H3,(H,16,20). The van der Waals surface area contributed by atoms with E-state index in [1.165, 1.54) is 0 Å².